The second-order valence-electron chi connectivity index (χ2n) is 5.08. The average molecular weight is 272 g/mol. The van der Waals surface area contributed by atoms with Gasteiger partial charge in [-0.3, -0.25) is 0 Å². The highest BCUT2D eigenvalue weighted by Crippen LogP contribution is 2.25. The number of hydrogen-bond acceptors (Lipinski definition) is 3. The van der Waals surface area contributed by atoms with Gasteiger partial charge in [0.2, 0.25) is 8.32 Å². The minimum absolute atomic E-state index is 0.0633. The van der Waals surface area contributed by atoms with Crippen molar-refractivity contribution < 1.29 is 14.0 Å². The summed E-state index contributed by atoms with van der Waals surface area (Å²) in [6.45, 7) is 11.8. The van der Waals surface area contributed by atoms with Crippen LogP contribution in [0.4, 0.5) is 0 Å². The zero-order valence-electron chi connectivity index (χ0n) is 12.5. The Morgan fingerprint density at radius 2 is 1.94 bits per heavy atom. The first-order valence-corrected chi connectivity index (χ1v) is 9.52. The third-order valence-corrected chi connectivity index (χ3v) is 7.51. The fraction of sp³-hybridized carbons (Fsp3) is 0.786. The van der Waals surface area contributed by atoms with Gasteiger partial charge in [0.05, 0.1) is 0 Å². The smallest absolute Gasteiger partial charge is 0.333 e. The first kappa shape index (κ1) is 17.4. The van der Waals surface area contributed by atoms with Gasteiger partial charge >= 0.3 is 5.97 Å². The molecule has 0 bridgehead atoms. The molecule has 0 aromatic rings. The Labute approximate surface area is 113 Å². The second kappa shape index (κ2) is 8.48. The van der Waals surface area contributed by atoms with Gasteiger partial charge < -0.3 is 9.16 Å². The van der Waals surface area contributed by atoms with Crippen LogP contribution in [0, 0.1) is 0 Å². The maximum atomic E-state index is 11.7. The van der Waals surface area contributed by atoms with Gasteiger partial charge in [0.1, 0.15) is 5.73 Å². The summed E-state index contributed by atoms with van der Waals surface area (Å²) in [6, 6.07) is 1.02. The molecule has 0 spiro atoms. The SMILES string of the molecule is C=C(C)C(=O)OC(CCCC)[Si](C)(CCC)OC. The minimum atomic E-state index is -1.98. The van der Waals surface area contributed by atoms with Crippen molar-refractivity contribution in [2.75, 3.05) is 7.11 Å². The molecule has 0 saturated carbocycles. The molecule has 0 aromatic carbocycles. The third kappa shape index (κ3) is 5.36. The van der Waals surface area contributed by atoms with E-state index in [4.69, 9.17) is 9.16 Å². The molecule has 18 heavy (non-hydrogen) atoms. The molecule has 0 rings (SSSR count). The lowest BCUT2D eigenvalue weighted by molar-refractivity contribution is -0.141. The van der Waals surface area contributed by atoms with Gasteiger partial charge in [-0.15, -0.1) is 0 Å². The molecule has 0 aliphatic carbocycles. The summed E-state index contributed by atoms with van der Waals surface area (Å²) in [7, 11) is -0.237. The molecular weight excluding hydrogens is 244 g/mol. The maximum absolute atomic E-state index is 11.7. The molecule has 0 fully saturated rings. The summed E-state index contributed by atoms with van der Waals surface area (Å²) in [6.07, 6.45) is 4.11. The van der Waals surface area contributed by atoms with Crippen LogP contribution in [0.2, 0.25) is 12.6 Å². The van der Waals surface area contributed by atoms with Crippen LogP contribution in [0.15, 0.2) is 12.2 Å². The van der Waals surface area contributed by atoms with E-state index in [1.54, 1.807) is 14.0 Å². The van der Waals surface area contributed by atoms with E-state index >= 15 is 0 Å². The molecule has 4 heteroatoms. The van der Waals surface area contributed by atoms with Gasteiger partial charge in [0.25, 0.3) is 0 Å². The molecule has 0 radical (unpaired) electrons. The van der Waals surface area contributed by atoms with Crippen LogP contribution in [0.1, 0.15) is 46.5 Å². The highest BCUT2D eigenvalue weighted by atomic mass is 28.4. The Hall–Kier alpha value is -0.613. The van der Waals surface area contributed by atoms with Crippen LogP contribution in [0.3, 0.4) is 0 Å². The van der Waals surface area contributed by atoms with Crippen molar-refractivity contribution in [2.24, 2.45) is 0 Å². The molecule has 0 N–H and O–H groups in total. The molecule has 0 amide bonds. The lowest BCUT2D eigenvalue weighted by atomic mass is 10.2. The molecule has 0 aliphatic rings. The summed E-state index contributed by atoms with van der Waals surface area (Å²) >= 11 is 0. The summed E-state index contributed by atoms with van der Waals surface area (Å²) in [4.78, 5) is 11.7. The Morgan fingerprint density at radius 1 is 1.33 bits per heavy atom. The number of esters is 1. The Morgan fingerprint density at radius 3 is 2.33 bits per heavy atom. The summed E-state index contributed by atoms with van der Waals surface area (Å²) in [5.74, 6) is -0.289. The topological polar surface area (TPSA) is 35.5 Å². The number of ether oxygens (including phenoxy) is 1. The van der Waals surface area contributed by atoms with E-state index in [1.165, 1.54) is 0 Å². The fourth-order valence-electron chi connectivity index (χ4n) is 2.00. The number of carbonyl (C=O) groups is 1. The van der Waals surface area contributed by atoms with E-state index in [2.05, 4.69) is 27.0 Å². The van der Waals surface area contributed by atoms with E-state index in [9.17, 15) is 4.79 Å². The number of carbonyl (C=O) groups excluding carboxylic acids is 1. The third-order valence-electron chi connectivity index (χ3n) is 3.31. The van der Waals surface area contributed by atoms with E-state index in [0.29, 0.717) is 5.57 Å². The summed E-state index contributed by atoms with van der Waals surface area (Å²) in [5, 5.41) is 0. The lowest BCUT2D eigenvalue weighted by Crippen LogP contribution is -2.49. The van der Waals surface area contributed by atoms with E-state index < -0.39 is 8.32 Å². The van der Waals surface area contributed by atoms with Crippen LogP contribution < -0.4 is 0 Å². The largest absolute Gasteiger partial charge is 0.460 e. The van der Waals surface area contributed by atoms with E-state index in [1.807, 2.05) is 0 Å². The van der Waals surface area contributed by atoms with Crippen molar-refractivity contribution in [1.82, 2.24) is 0 Å². The Kier molecular flexibility index (Phi) is 8.19. The molecule has 2 atom stereocenters. The molecule has 0 aromatic heterocycles. The quantitative estimate of drug-likeness (QED) is 0.363. The van der Waals surface area contributed by atoms with Crippen molar-refractivity contribution in [2.45, 2.75) is 64.8 Å². The van der Waals surface area contributed by atoms with Crippen molar-refractivity contribution in [3.05, 3.63) is 12.2 Å². The number of unbranched alkanes of at least 4 members (excludes halogenated alkanes) is 1. The predicted octanol–water partition coefficient (Wildman–Crippen LogP) is 3.84. The maximum Gasteiger partial charge on any atom is 0.333 e. The van der Waals surface area contributed by atoms with Gasteiger partial charge in [0.15, 0.2) is 0 Å². The second-order valence-corrected chi connectivity index (χ2v) is 9.26. The summed E-state index contributed by atoms with van der Waals surface area (Å²) in [5.41, 5.74) is 0.395. The van der Waals surface area contributed by atoms with Crippen LogP contribution in [-0.4, -0.2) is 27.1 Å². The van der Waals surface area contributed by atoms with E-state index in [0.717, 1.165) is 31.7 Å². The van der Waals surface area contributed by atoms with Crippen molar-refractivity contribution in [3.8, 4) is 0 Å². The fourth-order valence-corrected chi connectivity index (χ4v) is 4.95. The molecule has 0 heterocycles. The molecule has 2 unspecified atom stereocenters. The van der Waals surface area contributed by atoms with Crippen LogP contribution in [-0.2, 0) is 14.0 Å². The minimum Gasteiger partial charge on any atom is -0.460 e. The highest BCUT2D eigenvalue weighted by molar-refractivity contribution is 6.73. The zero-order valence-corrected chi connectivity index (χ0v) is 13.5. The predicted molar refractivity (Wildman–Crippen MR) is 77.9 cm³/mol. The van der Waals surface area contributed by atoms with Gasteiger partial charge in [-0.25, -0.2) is 4.79 Å². The molecule has 0 aliphatic heterocycles. The van der Waals surface area contributed by atoms with Crippen molar-refractivity contribution in [3.63, 3.8) is 0 Å². The molecule has 3 nitrogen and oxygen atoms in total. The van der Waals surface area contributed by atoms with Gasteiger partial charge in [-0.2, -0.15) is 0 Å². The summed E-state index contributed by atoms with van der Waals surface area (Å²) < 4.78 is 11.4. The van der Waals surface area contributed by atoms with E-state index in [-0.39, 0.29) is 11.7 Å². The van der Waals surface area contributed by atoms with Crippen LogP contribution in [0.5, 0.6) is 0 Å². The molecule has 106 valence electrons. The Bertz CT molecular complexity index is 278. The van der Waals surface area contributed by atoms with Crippen molar-refractivity contribution in [1.29, 1.82) is 0 Å². The van der Waals surface area contributed by atoms with Gasteiger partial charge in [-0.05, 0) is 25.9 Å². The normalized spacial score (nSPS) is 15.8. The van der Waals surface area contributed by atoms with Crippen molar-refractivity contribution >= 4 is 14.3 Å². The lowest BCUT2D eigenvalue weighted by Gasteiger charge is -2.33. The van der Waals surface area contributed by atoms with Crippen LogP contribution in [0.25, 0.3) is 0 Å². The van der Waals surface area contributed by atoms with Gasteiger partial charge in [-0.1, -0.05) is 39.7 Å². The van der Waals surface area contributed by atoms with Crippen LogP contribution >= 0.6 is 0 Å². The monoisotopic (exact) mass is 272 g/mol. The zero-order chi connectivity index (χ0) is 14.2. The first-order valence-electron chi connectivity index (χ1n) is 6.82. The molecule has 0 saturated heterocycles. The standard InChI is InChI=1S/C14H28O3Si/c1-7-9-10-13(17-14(15)12(3)4)18(6,16-5)11-8-2/h13H,3,7-11H2,1-2,4-6H3. The molecular formula is C14H28O3Si. The first-order chi connectivity index (χ1) is 8.41. The highest BCUT2D eigenvalue weighted by Gasteiger charge is 2.39. The average Bonchev–Trinajstić information content (AvgIpc) is 2.33. The van der Waals surface area contributed by atoms with Gasteiger partial charge in [0, 0.05) is 12.7 Å². The number of hydrogen-bond donors (Lipinski definition) is 0. The number of rotatable bonds is 9. The Balaban J connectivity index is 4.83.